The zero-order chi connectivity index (χ0) is 13.8. The lowest BCUT2D eigenvalue weighted by Crippen LogP contribution is -2.47. The summed E-state index contributed by atoms with van der Waals surface area (Å²) in [6, 6.07) is 8.00. The first-order valence-electron chi connectivity index (χ1n) is 6.76. The van der Waals surface area contributed by atoms with Crippen molar-refractivity contribution in [3.8, 4) is 0 Å². The average Bonchev–Trinajstić information content (AvgIpc) is 2.33. The topological polar surface area (TPSA) is 64.3 Å². The van der Waals surface area contributed by atoms with Crippen LogP contribution in [0.2, 0.25) is 0 Å². The Morgan fingerprint density at radius 3 is 2.63 bits per heavy atom. The Labute approximate surface area is 114 Å². The molecule has 1 amide bonds. The minimum atomic E-state index is 0.115. The Morgan fingerprint density at radius 1 is 1.42 bits per heavy atom. The molecule has 0 radical (unpaired) electrons. The molecule has 0 heterocycles. The molecule has 0 saturated heterocycles. The first-order chi connectivity index (χ1) is 9.08. The number of amides is 1. The minimum Gasteiger partial charge on any atom is -0.399 e. The van der Waals surface area contributed by atoms with Crippen LogP contribution in [-0.4, -0.2) is 25.2 Å². The first-order valence-corrected chi connectivity index (χ1v) is 6.76. The van der Waals surface area contributed by atoms with Gasteiger partial charge in [-0.1, -0.05) is 19.1 Å². The lowest BCUT2D eigenvalue weighted by Gasteiger charge is -2.34. The van der Waals surface area contributed by atoms with Crippen molar-refractivity contribution >= 4 is 11.6 Å². The number of ether oxygens (including phenoxy) is 1. The van der Waals surface area contributed by atoms with Crippen LogP contribution in [0.15, 0.2) is 24.3 Å². The van der Waals surface area contributed by atoms with E-state index < -0.39 is 0 Å². The monoisotopic (exact) mass is 262 g/mol. The molecule has 0 spiro atoms. The van der Waals surface area contributed by atoms with E-state index in [4.69, 9.17) is 10.5 Å². The highest BCUT2D eigenvalue weighted by Crippen LogP contribution is 2.24. The van der Waals surface area contributed by atoms with Gasteiger partial charge in [-0.25, -0.2) is 0 Å². The van der Waals surface area contributed by atoms with Gasteiger partial charge in [0.2, 0.25) is 5.91 Å². The van der Waals surface area contributed by atoms with Gasteiger partial charge in [0.25, 0.3) is 0 Å². The Kier molecular flexibility index (Phi) is 4.43. The summed E-state index contributed by atoms with van der Waals surface area (Å²) in [6.07, 6.45) is 2.69. The number of methoxy groups -OCH3 is 1. The number of rotatable bonds is 5. The number of anilines is 1. The summed E-state index contributed by atoms with van der Waals surface area (Å²) in [5.41, 5.74) is 7.55. The summed E-state index contributed by atoms with van der Waals surface area (Å²) >= 11 is 0. The van der Waals surface area contributed by atoms with Crippen molar-refractivity contribution in [2.75, 3.05) is 12.8 Å². The molecule has 2 rings (SSSR count). The second kappa shape index (κ2) is 6.06. The molecule has 104 valence electrons. The van der Waals surface area contributed by atoms with Gasteiger partial charge in [-0.05, 0) is 36.5 Å². The van der Waals surface area contributed by atoms with Crippen LogP contribution in [0.1, 0.15) is 37.7 Å². The number of nitrogens with two attached hydrogens (primary N) is 1. The number of carbonyl (C=O) groups excluding carboxylic acids is 1. The summed E-state index contributed by atoms with van der Waals surface area (Å²) in [7, 11) is 1.71. The summed E-state index contributed by atoms with van der Waals surface area (Å²) in [5.74, 6) is 0.322. The SMILES string of the molecule is COC1CC(NC(=O)CC(C)c2ccc(N)cc2)C1. The minimum absolute atomic E-state index is 0.115. The van der Waals surface area contributed by atoms with Gasteiger partial charge in [0.15, 0.2) is 0 Å². The van der Waals surface area contributed by atoms with Crippen LogP contribution in [-0.2, 0) is 9.53 Å². The van der Waals surface area contributed by atoms with Crippen molar-refractivity contribution in [2.24, 2.45) is 0 Å². The number of carbonyl (C=O) groups is 1. The molecule has 1 fully saturated rings. The lowest BCUT2D eigenvalue weighted by molar-refractivity contribution is -0.123. The molecule has 1 aromatic rings. The van der Waals surface area contributed by atoms with E-state index in [1.165, 1.54) is 0 Å². The standard InChI is InChI=1S/C15H22N2O2/c1-10(11-3-5-12(16)6-4-11)7-15(18)17-13-8-14(9-13)19-2/h3-6,10,13-14H,7-9,16H2,1-2H3,(H,17,18). The van der Waals surface area contributed by atoms with Gasteiger partial charge in [0.1, 0.15) is 0 Å². The molecule has 19 heavy (non-hydrogen) atoms. The van der Waals surface area contributed by atoms with Gasteiger partial charge in [0, 0.05) is 25.3 Å². The van der Waals surface area contributed by atoms with Crippen molar-refractivity contribution in [3.05, 3.63) is 29.8 Å². The van der Waals surface area contributed by atoms with E-state index in [0.717, 1.165) is 24.1 Å². The number of nitrogen functional groups attached to an aromatic ring is 1. The molecule has 1 aliphatic rings. The van der Waals surface area contributed by atoms with Crippen LogP contribution < -0.4 is 11.1 Å². The van der Waals surface area contributed by atoms with E-state index >= 15 is 0 Å². The Balaban J connectivity index is 1.77. The van der Waals surface area contributed by atoms with Gasteiger partial charge in [-0.15, -0.1) is 0 Å². The van der Waals surface area contributed by atoms with Crippen LogP contribution >= 0.6 is 0 Å². The smallest absolute Gasteiger partial charge is 0.220 e. The molecule has 3 N–H and O–H groups in total. The molecule has 0 aromatic heterocycles. The third kappa shape index (κ3) is 3.70. The molecule has 1 aliphatic carbocycles. The predicted molar refractivity (Wildman–Crippen MR) is 75.8 cm³/mol. The van der Waals surface area contributed by atoms with Crippen molar-refractivity contribution in [1.29, 1.82) is 0 Å². The van der Waals surface area contributed by atoms with Crippen molar-refractivity contribution < 1.29 is 9.53 Å². The molecule has 4 heteroatoms. The van der Waals surface area contributed by atoms with E-state index in [1.807, 2.05) is 24.3 Å². The summed E-state index contributed by atoms with van der Waals surface area (Å²) in [6.45, 7) is 2.06. The van der Waals surface area contributed by atoms with Crippen molar-refractivity contribution in [1.82, 2.24) is 5.32 Å². The molecule has 1 aromatic carbocycles. The summed E-state index contributed by atoms with van der Waals surface area (Å²) < 4.78 is 5.20. The highest BCUT2D eigenvalue weighted by atomic mass is 16.5. The van der Waals surface area contributed by atoms with Crippen LogP contribution in [0.4, 0.5) is 5.69 Å². The van der Waals surface area contributed by atoms with Crippen LogP contribution in [0.5, 0.6) is 0 Å². The fraction of sp³-hybridized carbons (Fsp3) is 0.533. The third-order valence-corrected chi connectivity index (χ3v) is 3.79. The molecule has 1 saturated carbocycles. The average molecular weight is 262 g/mol. The molecular weight excluding hydrogens is 240 g/mol. The second-order valence-corrected chi connectivity index (χ2v) is 5.37. The Hall–Kier alpha value is -1.55. The van der Waals surface area contributed by atoms with Gasteiger partial charge < -0.3 is 15.8 Å². The first kappa shape index (κ1) is 13.9. The van der Waals surface area contributed by atoms with E-state index in [1.54, 1.807) is 7.11 Å². The normalized spacial score (nSPS) is 23.5. The van der Waals surface area contributed by atoms with E-state index in [2.05, 4.69) is 12.2 Å². The van der Waals surface area contributed by atoms with Crippen LogP contribution in [0.3, 0.4) is 0 Å². The zero-order valence-corrected chi connectivity index (χ0v) is 11.6. The van der Waals surface area contributed by atoms with Crippen molar-refractivity contribution in [3.63, 3.8) is 0 Å². The Bertz CT molecular complexity index is 424. The number of hydrogen-bond donors (Lipinski definition) is 2. The van der Waals surface area contributed by atoms with Gasteiger partial charge in [-0.2, -0.15) is 0 Å². The quantitative estimate of drug-likeness (QED) is 0.798. The molecule has 4 nitrogen and oxygen atoms in total. The maximum Gasteiger partial charge on any atom is 0.220 e. The van der Waals surface area contributed by atoms with Crippen LogP contribution in [0, 0.1) is 0 Å². The molecule has 1 unspecified atom stereocenters. The Morgan fingerprint density at radius 2 is 2.05 bits per heavy atom. The van der Waals surface area contributed by atoms with E-state index in [9.17, 15) is 4.79 Å². The lowest BCUT2D eigenvalue weighted by atomic mass is 9.88. The molecule has 1 atom stereocenters. The molecule has 0 aliphatic heterocycles. The maximum absolute atomic E-state index is 11.9. The number of benzene rings is 1. The predicted octanol–water partition coefficient (Wildman–Crippen LogP) is 2.06. The fourth-order valence-corrected chi connectivity index (χ4v) is 2.38. The van der Waals surface area contributed by atoms with Gasteiger partial charge in [-0.3, -0.25) is 4.79 Å². The third-order valence-electron chi connectivity index (χ3n) is 3.79. The van der Waals surface area contributed by atoms with Crippen molar-refractivity contribution in [2.45, 2.75) is 44.2 Å². The summed E-state index contributed by atoms with van der Waals surface area (Å²) in [5, 5.41) is 3.05. The number of nitrogens with one attached hydrogen (secondary N) is 1. The van der Waals surface area contributed by atoms with E-state index in [-0.39, 0.29) is 17.9 Å². The molecule has 0 bridgehead atoms. The number of hydrogen-bond acceptors (Lipinski definition) is 3. The summed E-state index contributed by atoms with van der Waals surface area (Å²) in [4.78, 5) is 11.9. The fourth-order valence-electron chi connectivity index (χ4n) is 2.38. The van der Waals surface area contributed by atoms with Crippen LogP contribution in [0.25, 0.3) is 0 Å². The zero-order valence-electron chi connectivity index (χ0n) is 11.6. The second-order valence-electron chi connectivity index (χ2n) is 5.37. The highest BCUT2D eigenvalue weighted by Gasteiger charge is 2.30. The molecular formula is C15H22N2O2. The van der Waals surface area contributed by atoms with Gasteiger partial charge in [0.05, 0.1) is 6.10 Å². The van der Waals surface area contributed by atoms with Gasteiger partial charge >= 0.3 is 0 Å². The highest BCUT2D eigenvalue weighted by molar-refractivity contribution is 5.77. The largest absolute Gasteiger partial charge is 0.399 e. The maximum atomic E-state index is 11.9. The van der Waals surface area contributed by atoms with E-state index in [0.29, 0.717) is 12.5 Å².